The molecule has 0 heterocycles. The molecule has 0 spiro atoms. The number of hydrogen-bond acceptors (Lipinski definition) is 9. The molecule has 0 aliphatic carbocycles. The maximum absolute atomic E-state index is 11.4. The van der Waals surface area contributed by atoms with Crippen LogP contribution in [0.1, 0.15) is 0 Å². The zero-order chi connectivity index (χ0) is 17.3. The van der Waals surface area contributed by atoms with Gasteiger partial charge in [0, 0.05) is 15.7 Å². The molecule has 0 aliphatic rings. The summed E-state index contributed by atoms with van der Waals surface area (Å²) in [4.78, 5) is -0.355. The average molecular weight is 425 g/mol. The average Bonchev–Trinajstić information content (AvgIpc) is 2.42. The van der Waals surface area contributed by atoms with E-state index in [1.165, 1.54) is 18.2 Å². The Labute approximate surface area is 192 Å². The van der Waals surface area contributed by atoms with Crippen LogP contribution in [0.3, 0.4) is 0 Å². The molecule has 2 rings (SSSR count). The van der Waals surface area contributed by atoms with Crippen molar-refractivity contribution >= 4 is 48.6 Å². The van der Waals surface area contributed by atoms with E-state index in [1.54, 1.807) is 0 Å². The molecule has 0 radical (unpaired) electrons. The molecule has 126 valence electrons. The molecule has 2 aromatic carbocycles. The van der Waals surface area contributed by atoms with Crippen molar-refractivity contribution in [2.24, 2.45) is 0 Å². The molecule has 0 unspecified atom stereocenters. The van der Waals surface area contributed by atoms with Gasteiger partial charge >= 0.3 is 59.1 Å². The van der Waals surface area contributed by atoms with Crippen molar-refractivity contribution in [3.63, 3.8) is 0 Å². The minimum Gasteiger partial charge on any atom is -0.744 e. The van der Waals surface area contributed by atoms with Crippen molar-refractivity contribution in [3.05, 3.63) is 30.3 Å². The molecule has 2 aromatic rings. The number of rotatable bonds is 6. The Morgan fingerprint density at radius 1 is 1.08 bits per heavy atom. The first-order valence-corrected chi connectivity index (χ1v) is 9.80. The van der Waals surface area contributed by atoms with Gasteiger partial charge in [-0.1, -0.05) is 12.1 Å². The zero-order valence-corrected chi connectivity index (χ0v) is 19.8. The van der Waals surface area contributed by atoms with Crippen molar-refractivity contribution in [3.8, 4) is 0 Å². The van der Waals surface area contributed by atoms with E-state index in [9.17, 15) is 26.6 Å². The monoisotopic (exact) mass is 425 g/mol. The molecular weight excluding hydrogens is 416 g/mol. The van der Waals surface area contributed by atoms with Crippen LogP contribution >= 0.6 is 12.0 Å². The van der Waals surface area contributed by atoms with Gasteiger partial charge in [-0.25, -0.2) is 16.8 Å². The van der Waals surface area contributed by atoms with Crippen molar-refractivity contribution < 1.29 is 95.1 Å². The molecule has 0 saturated carbocycles. The van der Waals surface area contributed by atoms with Crippen LogP contribution in [0.2, 0.25) is 0 Å². The summed E-state index contributed by atoms with van der Waals surface area (Å²) < 4.78 is 63.4. The standard InChI is InChI=1S/C11H11NO8S3.2Na/c1-22(14,15)12-8-5-6-10(23(16,17)18)7-3-2-4-9(11(7)8)21-20-19-13;;/h2-6,12-13H,1H3,(H,16,17,18);;/q;2*+1/p-2. The van der Waals surface area contributed by atoms with Gasteiger partial charge in [0.25, 0.3) is 0 Å². The molecule has 1 N–H and O–H groups in total. The first-order chi connectivity index (χ1) is 10.6. The summed E-state index contributed by atoms with van der Waals surface area (Å²) in [5.41, 5.74) is 0.0208. The summed E-state index contributed by atoms with van der Waals surface area (Å²) in [7, 11) is -8.47. The van der Waals surface area contributed by atoms with E-state index in [-0.39, 0.29) is 80.5 Å². The maximum Gasteiger partial charge on any atom is 1.00 e. The first kappa shape index (κ1) is 25.6. The van der Waals surface area contributed by atoms with Gasteiger partial charge in [0.1, 0.15) is 10.1 Å². The van der Waals surface area contributed by atoms with Gasteiger partial charge in [0.15, 0.2) is 0 Å². The summed E-state index contributed by atoms with van der Waals surface area (Å²) in [6, 6.07) is 6.31. The number of nitrogens with one attached hydrogen (secondary N) is 1. The molecule has 25 heavy (non-hydrogen) atoms. The number of sulfonamides is 1. The second-order valence-corrected chi connectivity index (χ2v) is 8.18. The van der Waals surface area contributed by atoms with E-state index in [0.29, 0.717) is 12.0 Å². The summed E-state index contributed by atoms with van der Waals surface area (Å²) in [6.45, 7) is 0. The Hall–Kier alpha value is 0.590. The van der Waals surface area contributed by atoms with Gasteiger partial charge in [-0.2, -0.15) is 4.33 Å². The minimum atomic E-state index is -4.80. The molecule has 0 saturated heterocycles. The van der Waals surface area contributed by atoms with E-state index in [0.717, 1.165) is 18.4 Å². The van der Waals surface area contributed by atoms with Crippen LogP contribution in [0.5, 0.6) is 0 Å². The largest absolute Gasteiger partial charge is 1.00 e. The first-order valence-electron chi connectivity index (χ1n) is 5.76. The quantitative estimate of drug-likeness (QED) is 0.157. The molecule has 0 aromatic heterocycles. The third-order valence-corrected chi connectivity index (χ3v) is 4.81. The van der Waals surface area contributed by atoms with Gasteiger partial charge in [-0.05, 0) is 18.2 Å². The second kappa shape index (κ2) is 10.2. The second-order valence-electron chi connectivity index (χ2n) is 4.34. The van der Waals surface area contributed by atoms with Gasteiger partial charge in [0.05, 0.1) is 28.9 Å². The SMILES string of the molecule is CS(=O)(=O)Nc1ccc(S(=O)(=O)[O-])c2cccc(SOO[O-])c12.[Na+].[Na+]. The maximum atomic E-state index is 11.4. The third kappa shape index (κ3) is 6.92. The minimum absolute atomic E-state index is 0. The van der Waals surface area contributed by atoms with Crippen molar-refractivity contribution in [1.82, 2.24) is 0 Å². The summed E-state index contributed by atoms with van der Waals surface area (Å²) >= 11 is 0.443. The van der Waals surface area contributed by atoms with Crippen LogP contribution in [0.25, 0.3) is 10.8 Å². The Morgan fingerprint density at radius 2 is 1.72 bits per heavy atom. The van der Waals surface area contributed by atoms with Crippen LogP contribution in [0, 0.1) is 0 Å². The van der Waals surface area contributed by atoms with Crippen LogP contribution in [-0.2, 0) is 29.5 Å². The predicted octanol–water partition coefficient (Wildman–Crippen LogP) is -5.65. The topological polar surface area (TPSA) is 145 Å². The number of hydrogen-bond donors (Lipinski definition) is 1. The van der Waals surface area contributed by atoms with E-state index in [1.807, 2.05) is 0 Å². The Bertz CT molecular complexity index is 949. The number of anilines is 1. The fraction of sp³-hybridized carbons (Fsp3) is 0.0909. The molecule has 0 atom stereocenters. The fourth-order valence-corrected chi connectivity index (χ4v) is 3.75. The fourth-order valence-electron chi connectivity index (χ4n) is 1.97. The van der Waals surface area contributed by atoms with E-state index in [4.69, 9.17) is 0 Å². The van der Waals surface area contributed by atoms with Crippen LogP contribution in [-0.4, -0.2) is 27.6 Å². The van der Waals surface area contributed by atoms with Gasteiger partial charge in [-0.15, -0.1) is 0 Å². The molecule has 0 amide bonds. The number of benzene rings is 2. The van der Waals surface area contributed by atoms with Gasteiger partial charge in [-0.3, -0.25) is 9.76 Å². The number of fused-ring (bicyclic) bond motifs is 1. The third-order valence-electron chi connectivity index (χ3n) is 2.68. The summed E-state index contributed by atoms with van der Waals surface area (Å²) in [6.07, 6.45) is 0.907. The van der Waals surface area contributed by atoms with Crippen molar-refractivity contribution in [2.45, 2.75) is 9.79 Å². The van der Waals surface area contributed by atoms with E-state index in [2.05, 4.69) is 14.1 Å². The van der Waals surface area contributed by atoms with E-state index >= 15 is 0 Å². The molecular formula is C11H9NNa2O8S3. The predicted molar refractivity (Wildman–Crippen MR) is 78.4 cm³/mol. The summed E-state index contributed by atoms with van der Waals surface area (Å²) in [5, 5.41) is 13.3. The molecule has 0 aliphatic heterocycles. The Kier molecular flexibility index (Phi) is 10.5. The van der Waals surface area contributed by atoms with E-state index < -0.39 is 25.0 Å². The normalized spacial score (nSPS) is 11.5. The summed E-state index contributed by atoms with van der Waals surface area (Å²) in [5.74, 6) is 0. The van der Waals surface area contributed by atoms with Crippen molar-refractivity contribution in [1.29, 1.82) is 0 Å². The zero-order valence-electron chi connectivity index (χ0n) is 13.4. The molecule has 9 nitrogen and oxygen atoms in total. The molecule has 0 bridgehead atoms. The Morgan fingerprint density at radius 3 is 2.24 bits per heavy atom. The molecule has 0 fully saturated rings. The smallest absolute Gasteiger partial charge is 0.744 e. The molecule has 14 heteroatoms. The van der Waals surface area contributed by atoms with Crippen LogP contribution in [0.15, 0.2) is 40.1 Å². The Balaban J connectivity index is 0.00000288. The van der Waals surface area contributed by atoms with Crippen molar-refractivity contribution in [2.75, 3.05) is 11.0 Å². The van der Waals surface area contributed by atoms with Crippen LogP contribution in [0.4, 0.5) is 5.69 Å². The van der Waals surface area contributed by atoms with Crippen LogP contribution < -0.4 is 69.1 Å². The van der Waals surface area contributed by atoms with Gasteiger partial charge < -0.3 is 9.81 Å². The van der Waals surface area contributed by atoms with Gasteiger partial charge in [0.2, 0.25) is 10.0 Å².